The fourth-order valence-corrected chi connectivity index (χ4v) is 2.48. The summed E-state index contributed by atoms with van der Waals surface area (Å²) < 4.78 is 6.46. The number of ether oxygens (including phenoxy) is 1. The molecular formula is C15H24BrNO. The van der Waals surface area contributed by atoms with E-state index in [1.807, 2.05) is 6.07 Å². The molecule has 0 spiro atoms. The van der Waals surface area contributed by atoms with Crippen molar-refractivity contribution in [2.45, 2.75) is 45.6 Å². The van der Waals surface area contributed by atoms with Crippen molar-refractivity contribution in [2.24, 2.45) is 0 Å². The highest BCUT2D eigenvalue weighted by Crippen LogP contribution is 2.24. The van der Waals surface area contributed by atoms with Gasteiger partial charge in [0.25, 0.3) is 0 Å². The van der Waals surface area contributed by atoms with Crippen LogP contribution < -0.4 is 10.1 Å². The van der Waals surface area contributed by atoms with Crippen molar-refractivity contribution in [3.05, 3.63) is 28.2 Å². The second kappa shape index (κ2) is 8.54. The number of hydrogen-bond donors (Lipinski definition) is 1. The maximum absolute atomic E-state index is 5.29. The average molecular weight is 314 g/mol. The van der Waals surface area contributed by atoms with Crippen molar-refractivity contribution in [1.29, 1.82) is 0 Å². The van der Waals surface area contributed by atoms with E-state index in [9.17, 15) is 0 Å². The monoisotopic (exact) mass is 313 g/mol. The predicted octanol–water partition coefficient (Wildman–Crippen LogP) is 4.17. The van der Waals surface area contributed by atoms with Gasteiger partial charge in [-0.3, -0.25) is 0 Å². The molecule has 0 bridgehead atoms. The Morgan fingerprint density at radius 1 is 1.28 bits per heavy atom. The quantitative estimate of drug-likeness (QED) is 0.777. The van der Waals surface area contributed by atoms with E-state index >= 15 is 0 Å². The lowest BCUT2D eigenvalue weighted by atomic mass is 10.0. The number of benzene rings is 1. The standard InChI is InChI=1S/C15H24BrNO/c1-4-6-13(17-9-5-2)10-12-11-14(18-3)7-8-15(12)16/h7-8,11,13,17H,4-6,9-10H2,1-3H3. The van der Waals surface area contributed by atoms with Crippen LogP contribution >= 0.6 is 15.9 Å². The van der Waals surface area contributed by atoms with Crippen LogP contribution in [0, 0.1) is 0 Å². The molecule has 0 aliphatic carbocycles. The molecule has 1 unspecified atom stereocenters. The van der Waals surface area contributed by atoms with Gasteiger partial charge in [-0.15, -0.1) is 0 Å². The van der Waals surface area contributed by atoms with Crippen LogP contribution in [0.25, 0.3) is 0 Å². The molecule has 0 aromatic heterocycles. The van der Waals surface area contributed by atoms with E-state index in [2.05, 4.69) is 47.2 Å². The van der Waals surface area contributed by atoms with Gasteiger partial charge in [-0.1, -0.05) is 36.2 Å². The third-order valence-electron chi connectivity index (χ3n) is 3.04. The Morgan fingerprint density at radius 3 is 2.67 bits per heavy atom. The molecule has 0 aliphatic heterocycles. The summed E-state index contributed by atoms with van der Waals surface area (Å²) in [6, 6.07) is 6.73. The van der Waals surface area contributed by atoms with E-state index in [1.165, 1.54) is 29.3 Å². The molecule has 1 aromatic carbocycles. The van der Waals surface area contributed by atoms with Crippen molar-refractivity contribution in [2.75, 3.05) is 13.7 Å². The first-order valence-corrected chi connectivity index (χ1v) is 7.56. The number of nitrogens with one attached hydrogen (secondary N) is 1. The topological polar surface area (TPSA) is 21.3 Å². The third kappa shape index (κ3) is 4.99. The molecule has 2 nitrogen and oxygen atoms in total. The van der Waals surface area contributed by atoms with Gasteiger partial charge in [-0.25, -0.2) is 0 Å². The van der Waals surface area contributed by atoms with Gasteiger partial charge in [0.2, 0.25) is 0 Å². The van der Waals surface area contributed by atoms with Crippen molar-refractivity contribution < 1.29 is 4.74 Å². The molecule has 0 fully saturated rings. The lowest BCUT2D eigenvalue weighted by Gasteiger charge is -2.19. The van der Waals surface area contributed by atoms with E-state index in [1.54, 1.807) is 7.11 Å². The van der Waals surface area contributed by atoms with Gasteiger partial charge in [0.15, 0.2) is 0 Å². The Balaban J connectivity index is 2.72. The van der Waals surface area contributed by atoms with E-state index in [0.29, 0.717) is 6.04 Å². The number of halogens is 1. The van der Waals surface area contributed by atoms with Gasteiger partial charge in [-0.05, 0) is 49.6 Å². The molecule has 1 N–H and O–H groups in total. The van der Waals surface area contributed by atoms with Crippen LogP contribution in [0.1, 0.15) is 38.7 Å². The Kier molecular flexibility index (Phi) is 7.36. The highest BCUT2D eigenvalue weighted by Gasteiger charge is 2.10. The van der Waals surface area contributed by atoms with Crippen molar-refractivity contribution in [3.63, 3.8) is 0 Å². The van der Waals surface area contributed by atoms with Gasteiger partial charge >= 0.3 is 0 Å². The first kappa shape index (κ1) is 15.5. The number of hydrogen-bond acceptors (Lipinski definition) is 2. The molecule has 102 valence electrons. The van der Waals surface area contributed by atoms with Crippen LogP contribution in [0.3, 0.4) is 0 Å². The molecular weight excluding hydrogens is 290 g/mol. The molecule has 0 heterocycles. The van der Waals surface area contributed by atoms with E-state index in [0.717, 1.165) is 18.7 Å². The van der Waals surface area contributed by atoms with Crippen LogP contribution in [-0.2, 0) is 6.42 Å². The zero-order chi connectivity index (χ0) is 13.4. The molecule has 3 heteroatoms. The highest BCUT2D eigenvalue weighted by atomic mass is 79.9. The van der Waals surface area contributed by atoms with Gasteiger partial charge in [0.05, 0.1) is 7.11 Å². The van der Waals surface area contributed by atoms with Crippen LogP contribution in [0.15, 0.2) is 22.7 Å². The number of rotatable bonds is 8. The SMILES string of the molecule is CCCNC(CCC)Cc1cc(OC)ccc1Br. The van der Waals surface area contributed by atoms with Crippen LogP contribution in [-0.4, -0.2) is 19.7 Å². The summed E-state index contributed by atoms with van der Waals surface area (Å²) in [7, 11) is 1.71. The lowest BCUT2D eigenvalue weighted by Crippen LogP contribution is -2.31. The molecule has 0 aliphatic rings. The summed E-state index contributed by atoms with van der Waals surface area (Å²) in [5.41, 5.74) is 1.32. The number of methoxy groups -OCH3 is 1. The highest BCUT2D eigenvalue weighted by molar-refractivity contribution is 9.10. The average Bonchev–Trinajstić information content (AvgIpc) is 2.38. The van der Waals surface area contributed by atoms with Crippen LogP contribution in [0.5, 0.6) is 5.75 Å². The van der Waals surface area contributed by atoms with E-state index in [4.69, 9.17) is 4.74 Å². The minimum Gasteiger partial charge on any atom is -0.497 e. The first-order chi connectivity index (χ1) is 8.71. The maximum atomic E-state index is 5.29. The fourth-order valence-electron chi connectivity index (χ4n) is 2.07. The maximum Gasteiger partial charge on any atom is 0.119 e. The smallest absolute Gasteiger partial charge is 0.119 e. The molecule has 1 aromatic rings. The second-order valence-corrected chi connectivity index (χ2v) is 5.46. The van der Waals surface area contributed by atoms with Crippen LogP contribution in [0.2, 0.25) is 0 Å². The molecule has 1 rings (SSSR count). The molecule has 18 heavy (non-hydrogen) atoms. The Morgan fingerprint density at radius 2 is 2.06 bits per heavy atom. The molecule has 1 atom stereocenters. The van der Waals surface area contributed by atoms with E-state index in [-0.39, 0.29) is 0 Å². The largest absolute Gasteiger partial charge is 0.497 e. The lowest BCUT2D eigenvalue weighted by molar-refractivity contribution is 0.413. The summed E-state index contributed by atoms with van der Waals surface area (Å²) in [6.07, 6.45) is 4.65. The van der Waals surface area contributed by atoms with E-state index < -0.39 is 0 Å². The minimum absolute atomic E-state index is 0.554. The molecule has 0 radical (unpaired) electrons. The van der Waals surface area contributed by atoms with Gasteiger partial charge in [0, 0.05) is 10.5 Å². The van der Waals surface area contributed by atoms with Crippen LogP contribution in [0.4, 0.5) is 0 Å². The summed E-state index contributed by atoms with van der Waals surface area (Å²) >= 11 is 3.62. The Hall–Kier alpha value is -0.540. The first-order valence-electron chi connectivity index (χ1n) is 6.77. The third-order valence-corrected chi connectivity index (χ3v) is 3.81. The molecule has 0 saturated carbocycles. The van der Waals surface area contributed by atoms with Gasteiger partial charge < -0.3 is 10.1 Å². The fraction of sp³-hybridized carbons (Fsp3) is 0.600. The zero-order valence-electron chi connectivity index (χ0n) is 11.6. The van der Waals surface area contributed by atoms with Crippen molar-refractivity contribution >= 4 is 15.9 Å². The minimum atomic E-state index is 0.554. The second-order valence-electron chi connectivity index (χ2n) is 4.60. The summed E-state index contributed by atoms with van der Waals surface area (Å²) in [6.45, 7) is 5.53. The summed E-state index contributed by atoms with van der Waals surface area (Å²) in [4.78, 5) is 0. The normalized spacial score (nSPS) is 12.4. The Labute approximate surface area is 119 Å². The van der Waals surface area contributed by atoms with Crippen molar-refractivity contribution in [3.8, 4) is 5.75 Å². The zero-order valence-corrected chi connectivity index (χ0v) is 13.2. The van der Waals surface area contributed by atoms with Crippen molar-refractivity contribution in [1.82, 2.24) is 5.32 Å². The molecule has 0 saturated heterocycles. The summed E-state index contributed by atoms with van der Waals surface area (Å²) in [5, 5.41) is 3.62. The van der Waals surface area contributed by atoms with Gasteiger partial charge in [0.1, 0.15) is 5.75 Å². The summed E-state index contributed by atoms with van der Waals surface area (Å²) in [5.74, 6) is 0.930. The Bertz CT molecular complexity index is 354. The predicted molar refractivity (Wildman–Crippen MR) is 81.4 cm³/mol. The molecule has 0 amide bonds. The van der Waals surface area contributed by atoms with Gasteiger partial charge in [-0.2, -0.15) is 0 Å².